The molecule has 1 aliphatic rings. The van der Waals surface area contributed by atoms with Gasteiger partial charge < -0.3 is 14.8 Å². The average molecular weight is 332 g/mol. The lowest BCUT2D eigenvalue weighted by Gasteiger charge is -2.24. The van der Waals surface area contributed by atoms with Gasteiger partial charge in [0.1, 0.15) is 5.82 Å². The molecule has 6 heteroatoms. The maximum absolute atomic E-state index is 12.6. The molecular formula is C17H24N4OS. The third-order valence-corrected chi connectivity index (χ3v) is 5.12. The van der Waals surface area contributed by atoms with Crippen LogP contribution in [0.5, 0.6) is 0 Å². The Labute approximate surface area is 141 Å². The lowest BCUT2D eigenvalue weighted by Crippen LogP contribution is -2.39. The number of hydrogen-bond acceptors (Lipinski definition) is 3. The molecule has 2 amide bonds. The van der Waals surface area contributed by atoms with Gasteiger partial charge >= 0.3 is 6.03 Å². The Hall–Kier alpha value is -1.82. The van der Waals surface area contributed by atoms with E-state index in [9.17, 15) is 4.79 Å². The van der Waals surface area contributed by atoms with Gasteiger partial charge in [-0.05, 0) is 30.2 Å². The fraction of sp³-hybridized carbons (Fsp3) is 0.529. The summed E-state index contributed by atoms with van der Waals surface area (Å²) in [5.41, 5.74) is 0. The van der Waals surface area contributed by atoms with Crippen molar-refractivity contribution in [3.63, 3.8) is 0 Å². The van der Waals surface area contributed by atoms with Crippen LogP contribution in [0.25, 0.3) is 0 Å². The highest BCUT2D eigenvalue weighted by Crippen LogP contribution is 2.34. The van der Waals surface area contributed by atoms with E-state index in [1.165, 1.54) is 4.88 Å². The van der Waals surface area contributed by atoms with Crippen LogP contribution in [-0.4, -0.2) is 27.0 Å². The number of imidazole rings is 1. The smallest absolute Gasteiger partial charge is 0.318 e. The molecule has 0 radical (unpaired) electrons. The molecule has 1 fully saturated rings. The molecule has 1 saturated heterocycles. The molecule has 23 heavy (non-hydrogen) atoms. The third-order valence-electron chi connectivity index (χ3n) is 4.15. The van der Waals surface area contributed by atoms with Crippen molar-refractivity contribution >= 4 is 17.4 Å². The van der Waals surface area contributed by atoms with Crippen molar-refractivity contribution in [2.45, 2.75) is 45.8 Å². The molecular weight excluding hydrogens is 308 g/mol. The summed E-state index contributed by atoms with van der Waals surface area (Å²) in [6.45, 7) is 6.59. The van der Waals surface area contributed by atoms with E-state index in [2.05, 4.69) is 46.2 Å². The largest absolute Gasteiger partial charge is 0.333 e. The van der Waals surface area contributed by atoms with Gasteiger partial charge in [0.15, 0.2) is 0 Å². The molecule has 1 atom stereocenters. The fourth-order valence-corrected chi connectivity index (χ4v) is 3.98. The van der Waals surface area contributed by atoms with Crippen LogP contribution in [0.1, 0.15) is 43.4 Å². The van der Waals surface area contributed by atoms with Gasteiger partial charge in [-0.3, -0.25) is 0 Å². The maximum atomic E-state index is 12.6. The van der Waals surface area contributed by atoms with Crippen LogP contribution in [0.15, 0.2) is 29.9 Å². The van der Waals surface area contributed by atoms with Gasteiger partial charge in [-0.1, -0.05) is 19.9 Å². The molecule has 0 spiro atoms. The first-order valence-corrected chi connectivity index (χ1v) is 9.11. The maximum Gasteiger partial charge on any atom is 0.318 e. The first kappa shape index (κ1) is 16.1. The summed E-state index contributed by atoms with van der Waals surface area (Å²) in [7, 11) is 0. The van der Waals surface area contributed by atoms with Gasteiger partial charge in [0.2, 0.25) is 0 Å². The van der Waals surface area contributed by atoms with Crippen molar-refractivity contribution in [2.75, 3.05) is 6.54 Å². The van der Waals surface area contributed by atoms with Gasteiger partial charge in [-0.25, -0.2) is 9.78 Å². The van der Waals surface area contributed by atoms with E-state index in [4.69, 9.17) is 0 Å². The monoisotopic (exact) mass is 332 g/mol. The van der Waals surface area contributed by atoms with E-state index in [0.29, 0.717) is 12.5 Å². The van der Waals surface area contributed by atoms with Crippen molar-refractivity contribution in [3.8, 4) is 0 Å². The Bertz CT molecular complexity index is 635. The molecule has 3 heterocycles. The van der Waals surface area contributed by atoms with Gasteiger partial charge in [-0.15, -0.1) is 11.3 Å². The van der Waals surface area contributed by atoms with E-state index in [1.54, 1.807) is 17.5 Å². The van der Waals surface area contributed by atoms with Gasteiger partial charge in [0.25, 0.3) is 0 Å². The summed E-state index contributed by atoms with van der Waals surface area (Å²) < 4.78 is 2.12. The molecule has 5 nitrogen and oxygen atoms in total. The Kier molecular flexibility index (Phi) is 5.00. The molecule has 3 rings (SSSR count). The van der Waals surface area contributed by atoms with Gasteiger partial charge in [0.05, 0.1) is 12.6 Å². The van der Waals surface area contributed by atoms with E-state index in [0.717, 1.165) is 31.8 Å². The number of thiophene rings is 1. The number of nitrogens with zero attached hydrogens (tertiary/aromatic N) is 3. The molecule has 0 aliphatic carbocycles. The summed E-state index contributed by atoms with van der Waals surface area (Å²) >= 11 is 1.73. The number of carbonyl (C=O) groups is 1. The normalized spacial score (nSPS) is 17.9. The zero-order valence-corrected chi connectivity index (χ0v) is 14.6. The Morgan fingerprint density at radius 1 is 1.52 bits per heavy atom. The van der Waals surface area contributed by atoms with Crippen LogP contribution in [0, 0.1) is 5.92 Å². The van der Waals surface area contributed by atoms with Gasteiger partial charge in [0, 0.05) is 30.4 Å². The minimum Gasteiger partial charge on any atom is -0.333 e. The summed E-state index contributed by atoms with van der Waals surface area (Å²) in [6.07, 6.45) is 5.90. The van der Waals surface area contributed by atoms with E-state index < -0.39 is 0 Å². The lowest BCUT2D eigenvalue weighted by molar-refractivity contribution is 0.193. The molecule has 2 aromatic rings. The topological polar surface area (TPSA) is 50.2 Å². The van der Waals surface area contributed by atoms with Crippen molar-refractivity contribution in [2.24, 2.45) is 5.92 Å². The minimum absolute atomic E-state index is 0.0139. The molecule has 0 saturated carbocycles. The van der Waals surface area contributed by atoms with Crippen LogP contribution in [0.2, 0.25) is 0 Å². The standard InChI is InChI=1S/C17H24N4OS/c1-13(2)12-20-9-7-18-16(20)11-19-17(22)21-8-3-5-14(21)15-6-4-10-23-15/h4,6-7,9-10,13-14H,3,5,8,11-12H2,1-2H3,(H,19,22)/t14-/m1/s1. The zero-order valence-electron chi connectivity index (χ0n) is 13.7. The van der Waals surface area contributed by atoms with E-state index in [-0.39, 0.29) is 12.1 Å². The molecule has 2 aromatic heterocycles. The third kappa shape index (κ3) is 3.75. The molecule has 0 aromatic carbocycles. The summed E-state index contributed by atoms with van der Waals surface area (Å²) in [6, 6.07) is 4.42. The number of urea groups is 1. The van der Waals surface area contributed by atoms with Crippen molar-refractivity contribution in [3.05, 3.63) is 40.6 Å². The second-order valence-corrected chi connectivity index (χ2v) is 7.39. The molecule has 0 bridgehead atoms. The molecule has 124 valence electrons. The summed E-state index contributed by atoms with van der Waals surface area (Å²) in [5.74, 6) is 1.47. The summed E-state index contributed by atoms with van der Waals surface area (Å²) in [4.78, 5) is 20.2. The number of carbonyl (C=O) groups excluding carboxylic acids is 1. The van der Waals surface area contributed by atoms with Gasteiger partial charge in [-0.2, -0.15) is 0 Å². The first-order valence-electron chi connectivity index (χ1n) is 8.23. The van der Waals surface area contributed by atoms with Crippen LogP contribution in [0.4, 0.5) is 4.79 Å². The summed E-state index contributed by atoms with van der Waals surface area (Å²) in [5, 5.41) is 5.12. The van der Waals surface area contributed by atoms with E-state index >= 15 is 0 Å². The number of aromatic nitrogens is 2. The van der Waals surface area contributed by atoms with Crippen LogP contribution >= 0.6 is 11.3 Å². The Morgan fingerprint density at radius 2 is 2.39 bits per heavy atom. The van der Waals surface area contributed by atoms with E-state index in [1.807, 2.05) is 11.1 Å². The average Bonchev–Trinajstić information content (AvgIpc) is 3.25. The number of hydrogen-bond donors (Lipinski definition) is 1. The molecule has 0 unspecified atom stereocenters. The second kappa shape index (κ2) is 7.17. The highest BCUT2D eigenvalue weighted by molar-refractivity contribution is 7.10. The van der Waals surface area contributed by atoms with Crippen LogP contribution < -0.4 is 5.32 Å². The highest BCUT2D eigenvalue weighted by atomic mass is 32.1. The quantitative estimate of drug-likeness (QED) is 0.908. The highest BCUT2D eigenvalue weighted by Gasteiger charge is 2.30. The predicted octanol–water partition coefficient (Wildman–Crippen LogP) is 3.65. The SMILES string of the molecule is CC(C)Cn1ccnc1CNC(=O)N1CCC[C@@H]1c1cccs1. The second-order valence-electron chi connectivity index (χ2n) is 6.42. The minimum atomic E-state index is 0.0139. The Morgan fingerprint density at radius 3 is 3.13 bits per heavy atom. The Balaban J connectivity index is 1.60. The number of rotatable bonds is 5. The number of likely N-dealkylation sites (tertiary alicyclic amines) is 1. The predicted molar refractivity (Wildman–Crippen MR) is 92.3 cm³/mol. The lowest BCUT2D eigenvalue weighted by atomic mass is 10.2. The first-order chi connectivity index (χ1) is 11.1. The van der Waals surface area contributed by atoms with Crippen LogP contribution in [-0.2, 0) is 13.1 Å². The fourth-order valence-electron chi connectivity index (χ4n) is 3.11. The number of nitrogens with one attached hydrogen (secondary N) is 1. The van der Waals surface area contributed by atoms with Crippen molar-refractivity contribution in [1.29, 1.82) is 0 Å². The number of amides is 2. The van der Waals surface area contributed by atoms with Crippen LogP contribution in [0.3, 0.4) is 0 Å². The molecule has 1 aliphatic heterocycles. The molecule has 1 N–H and O–H groups in total. The van der Waals surface area contributed by atoms with Crippen molar-refractivity contribution in [1.82, 2.24) is 19.8 Å². The van der Waals surface area contributed by atoms with Crippen molar-refractivity contribution < 1.29 is 4.79 Å². The zero-order chi connectivity index (χ0) is 16.2.